The topological polar surface area (TPSA) is 178 Å². The van der Waals surface area contributed by atoms with Gasteiger partial charge in [0.25, 0.3) is 0 Å². The second-order valence-corrected chi connectivity index (χ2v) is 16.7. The first kappa shape index (κ1) is 51.3. The van der Waals surface area contributed by atoms with Crippen LogP contribution in [-0.2, 0) is 29.0 Å². The number of carbonyl (C=O) groups excluding carboxylic acids is 1. The third-order valence-electron chi connectivity index (χ3n) is 8.81. The number of hydrogen-bond acceptors (Lipinski definition) is 11. The quantitative estimate of drug-likeness (QED) is 0.0361. The number of rotatable bonds is 21. The summed E-state index contributed by atoms with van der Waals surface area (Å²) in [6.07, 6.45) is -1.54. The Bertz CT molecular complexity index is 2240. The highest BCUT2D eigenvalue weighted by atomic mass is 32.2. The molecule has 0 radical (unpaired) electrons. The third kappa shape index (κ3) is 20.1. The van der Waals surface area contributed by atoms with Crippen molar-refractivity contribution in [2.75, 3.05) is 43.7 Å². The Labute approximate surface area is 369 Å². The summed E-state index contributed by atoms with van der Waals surface area (Å²) in [5, 5.41) is 19.6. The molecule has 63 heavy (non-hydrogen) atoms. The number of unbranched alkanes of at least 4 members (excludes halogenated alkanes) is 1. The molecule has 3 N–H and O–H groups in total. The number of aliphatic carboxylic acids is 2. The van der Waals surface area contributed by atoms with Crippen molar-refractivity contribution < 1.29 is 60.4 Å². The maximum absolute atomic E-state index is 13.0. The molecule has 0 bridgehead atoms. The van der Waals surface area contributed by atoms with Crippen molar-refractivity contribution in [3.8, 4) is 11.5 Å². The number of pyridine rings is 1. The lowest BCUT2D eigenvalue weighted by atomic mass is 9.98. The highest BCUT2D eigenvalue weighted by molar-refractivity contribution is 7.99. The van der Waals surface area contributed by atoms with Crippen LogP contribution in [0.15, 0.2) is 143 Å². The van der Waals surface area contributed by atoms with Crippen LogP contribution in [0.5, 0.6) is 11.5 Å². The molecule has 0 aliphatic heterocycles. The number of aromatic nitrogens is 1. The maximum atomic E-state index is 13.0. The molecule has 0 amide bonds. The van der Waals surface area contributed by atoms with E-state index < -0.39 is 33.9 Å². The number of carboxylic acids is 2. The molecule has 1 aromatic heterocycles. The van der Waals surface area contributed by atoms with Crippen molar-refractivity contribution in [3.63, 3.8) is 0 Å². The Morgan fingerprint density at radius 3 is 1.98 bits per heavy atom. The van der Waals surface area contributed by atoms with Crippen LogP contribution in [0.3, 0.4) is 0 Å². The van der Waals surface area contributed by atoms with Gasteiger partial charge >= 0.3 is 24.1 Å². The fourth-order valence-corrected chi connectivity index (χ4v) is 8.43. The minimum atomic E-state index is -5.08. The molecule has 0 saturated carbocycles. The number of methoxy groups -OCH3 is 1. The number of ether oxygens (including phenoxy) is 3. The Hall–Kier alpha value is -6.07. The lowest BCUT2D eigenvalue weighted by Crippen LogP contribution is -2.21. The number of thioether (sulfide) groups is 1. The smallest absolute Gasteiger partial charge is 0.490 e. The first-order chi connectivity index (χ1) is 30.1. The molecule has 0 aliphatic rings. The van der Waals surface area contributed by atoms with Gasteiger partial charge in [-0.1, -0.05) is 78.9 Å². The number of carboxylic acid groups (broad SMARTS) is 2. The molecule has 4 aromatic carbocycles. The van der Waals surface area contributed by atoms with Crippen molar-refractivity contribution in [2.45, 2.75) is 60.4 Å². The molecular weight excluding hydrogens is 862 g/mol. The average molecular weight is 913 g/mol. The average Bonchev–Trinajstić information content (AvgIpc) is 3.27. The van der Waals surface area contributed by atoms with E-state index in [-0.39, 0.29) is 29.0 Å². The fourth-order valence-electron chi connectivity index (χ4n) is 5.74. The summed E-state index contributed by atoms with van der Waals surface area (Å²) in [6.45, 7) is 3.47. The summed E-state index contributed by atoms with van der Waals surface area (Å²) < 4.78 is 73.9. The second-order valence-electron chi connectivity index (χ2n) is 13.6. The van der Waals surface area contributed by atoms with Gasteiger partial charge in [0.2, 0.25) is 0 Å². The van der Waals surface area contributed by atoms with E-state index in [0.717, 1.165) is 47.2 Å². The summed E-state index contributed by atoms with van der Waals surface area (Å²) in [7, 11) is -2.04. The van der Waals surface area contributed by atoms with Crippen molar-refractivity contribution in [1.29, 1.82) is 0 Å². The van der Waals surface area contributed by atoms with E-state index in [4.69, 9.17) is 24.1 Å². The monoisotopic (exact) mass is 912 g/mol. The Kier molecular flexibility index (Phi) is 22.0. The third-order valence-corrected chi connectivity index (χ3v) is 11.8. The molecule has 0 saturated heterocycles. The standard InChI is InChI=1S/C25H28N2O5S.C19H22O3S.C2HF3O2/c28-25(29)17-21(20-9-2-1-3-10-20)19-33(30,31)23-12-8-11-22(18-23)32-16-7-6-15-27-24-13-4-5-14-26-24;1-3-22-19(20)12-16(15-8-5-4-6-9-15)14-23-18-11-7-10-17(13-18)21-2;3-2(4,5)1(6)7/h1-5,8-14,18,21H,6-7,15-17,19H2,(H,26,27)(H,28,29);4-11,13,16H,3,12,14H2,1-2H3;(H,6,7). The Balaban J connectivity index is 0.000000304. The van der Waals surface area contributed by atoms with E-state index in [9.17, 15) is 36.3 Å². The minimum Gasteiger partial charge on any atom is -0.497 e. The van der Waals surface area contributed by atoms with Crippen molar-refractivity contribution in [3.05, 3.63) is 145 Å². The van der Waals surface area contributed by atoms with Gasteiger partial charge in [-0.2, -0.15) is 13.2 Å². The number of nitrogens with zero attached hydrogens (tertiary/aromatic N) is 1. The predicted octanol–water partition coefficient (Wildman–Crippen LogP) is 9.54. The number of halogens is 3. The molecule has 2 atom stereocenters. The second kappa shape index (κ2) is 27.1. The van der Waals surface area contributed by atoms with E-state index in [2.05, 4.69) is 28.5 Å². The van der Waals surface area contributed by atoms with E-state index in [0.29, 0.717) is 30.9 Å². The van der Waals surface area contributed by atoms with E-state index in [1.807, 2.05) is 67.6 Å². The molecule has 5 rings (SSSR count). The number of esters is 1. The van der Waals surface area contributed by atoms with Gasteiger partial charge in [-0.05, 0) is 79.4 Å². The molecule has 12 nitrogen and oxygen atoms in total. The zero-order valence-corrected chi connectivity index (χ0v) is 36.4. The predicted molar refractivity (Wildman–Crippen MR) is 235 cm³/mol. The van der Waals surface area contributed by atoms with Crippen LogP contribution in [0, 0.1) is 0 Å². The van der Waals surface area contributed by atoms with Crippen molar-refractivity contribution in [2.24, 2.45) is 0 Å². The Morgan fingerprint density at radius 1 is 0.778 bits per heavy atom. The van der Waals surface area contributed by atoms with Crippen LogP contribution in [0.25, 0.3) is 0 Å². The number of benzene rings is 4. The van der Waals surface area contributed by atoms with Crippen molar-refractivity contribution in [1.82, 2.24) is 4.98 Å². The van der Waals surface area contributed by atoms with E-state index >= 15 is 0 Å². The molecule has 0 spiro atoms. The van der Waals surface area contributed by atoms with E-state index in [1.54, 1.807) is 61.5 Å². The summed E-state index contributed by atoms with van der Waals surface area (Å²) in [6, 6.07) is 39.0. The summed E-state index contributed by atoms with van der Waals surface area (Å²) in [4.78, 5) is 37.6. The maximum Gasteiger partial charge on any atom is 0.490 e. The SMILES string of the molecule is CCOC(=O)CC(CSc1cccc(OC)c1)c1ccccc1.O=C(O)C(F)(F)F.O=C(O)CC(CS(=O)(=O)c1cccc(OCCCCNc2ccccn2)c1)c1ccccc1. The van der Waals surface area contributed by atoms with E-state index in [1.165, 1.54) is 12.1 Å². The van der Waals surface area contributed by atoms with Crippen LogP contribution in [0.1, 0.15) is 55.6 Å². The van der Waals surface area contributed by atoms with Crippen molar-refractivity contribution >= 4 is 45.3 Å². The lowest BCUT2D eigenvalue weighted by molar-refractivity contribution is -0.192. The van der Waals surface area contributed by atoms with Crippen LogP contribution < -0.4 is 14.8 Å². The summed E-state index contributed by atoms with van der Waals surface area (Å²) in [5.74, 6) is -1.76. The van der Waals surface area contributed by atoms with Gasteiger partial charge in [0.05, 0.1) is 43.8 Å². The van der Waals surface area contributed by atoms with Crippen LogP contribution in [0.4, 0.5) is 19.0 Å². The molecular formula is C46H51F3N2O10S2. The zero-order valence-electron chi connectivity index (χ0n) is 34.8. The van der Waals surface area contributed by atoms with Gasteiger partial charge in [0.15, 0.2) is 9.84 Å². The normalized spacial score (nSPS) is 11.9. The largest absolute Gasteiger partial charge is 0.497 e. The van der Waals surface area contributed by atoms with Crippen LogP contribution in [-0.4, -0.2) is 86.1 Å². The molecule has 0 fully saturated rings. The minimum absolute atomic E-state index is 0.128. The lowest BCUT2D eigenvalue weighted by Gasteiger charge is -2.16. The zero-order chi connectivity index (χ0) is 46.1. The molecule has 17 heteroatoms. The number of sulfone groups is 1. The van der Waals surface area contributed by atoms with Crippen LogP contribution in [0.2, 0.25) is 0 Å². The van der Waals surface area contributed by atoms with Gasteiger partial charge in [0.1, 0.15) is 17.3 Å². The first-order valence-corrected chi connectivity index (χ1v) is 22.4. The number of hydrogen-bond donors (Lipinski definition) is 3. The number of nitrogens with one attached hydrogen (secondary N) is 1. The van der Waals surface area contributed by atoms with Gasteiger partial charge in [0, 0.05) is 35.2 Å². The summed E-state index contributed by atoms with van der Waals surface area (Å²) in [5.41, 5.74) is 1.85. The number of carbonyl (C=O) groups is 3. The molecule has 0 aliphatic carbocycles. The summed E-state index contributed by atoms with van der Waals surface area (Å²) >= 11 is 1.73. The highest BCUT2D eigenvalue weighted by Crippen LogP contribution is 2.31. The van der Waals surface area contributed by atoms with Gasteiger partial charge < -0.3 is 29.7 Å². The molecule has 338 valence electrons. The number of anilines is 1. The first-order valence-electron chi connectivity index (χ1n) is 19.8. The Morgan fingerprint density at radius 2 is 1.40 bits per heavy atom. The van der Waals surface area contributed by atoms with Gasteiger partial charge in [-0.25, -0.2) is 18.2 Å². The van der Waals surface area contributed by atoms with Gasteiger partial charge in [-0.15, -0.1) is 11.8 Å². The van der Waals surface area contributed by atoms with Crippen LogP contribution >= 0.6 is 11.8 Å². The molecule has 5 aromatic rings. The van der Waals surface area contributed by atoms with Gasteiger partial charge in [-0.3, -0.25) is 9.59 Å². The molecule has 2 unspecified atom stereocenters. The highest BCUT2D eigenvalue weighted by Gasteiger charge is 2.38. The molecule has 1 heterocycles. The fraction of sp³-hybridized carbons (Fsp3) is 0.304. The number of alkyl halides is 3.